The maximum absolute atomic E-state index is 12.6. The van der Waals surface area contributed by atoms with Crippen LogP contribution in [0.1, 0.15) is 24.6 Å². The summed E-state index contributed by atoms with van der Waals surface area (Å²) < 4.78 is 1.81. The number of carbonyl (C=O) groups excluding carboxylic acids is 1. The predicted octanol–water partition coefficient (Wildman–Crippen LogP) is 2.10. The lowest BCUT2D eigenvalue weighted by Gasteiger charge is -2.31. The fourth-order valence-corrected chi connectivity index (χ4v) is 3.24. The van der Waals surface area contributed by atoms with Crippen LogP contribution in [0, 0.1) is 0 Å². The lowest BCUT2D eigenvalue weighted by Crippen LogP contribution is -2.41. The van der Waals surface area contributed by atoms with Crippen LogP contribution in [0.25, 0.3) is 10.9 Å². The monoisotopic (exact) mass is 325 g/mol. The minimum Gasteiger partial charge on any atom is -0.324 e. The zero-order valence-corrected chi connectivity index (χ0v) is 13.4. The molecule has 8 nitrogen and oxygen atoms in total. The van der Waals surface area contributed by atoms with Crippen molar-refractivity contribution in [2.24, 2.45) is 7.05 Å². The highest BCUT2D eigenvalue weighted by molar-refractivity contribution is 5.92. The van der Waals surface area contributed by atoms with E-state index < -0.39 is 0 Å². The molecule has 0 bridgehead atoms. The smallest absolute Gasteiger partial charge is 0.321 e. The standard InChI is InChI=1S/C16H19N7O/c1-22-14-5-4-13(7-12(14)8-19-22)20-16(24)23-6-2-3-11(9-23)15-17-10-18-21-15/h4-5,7-8,10-11H,2-3,6,9H2,1H3,(H,20,24)(H,17,18,21)/t11-/m0/s1. The Bertz CT molecular complexity index is 855. The van der Waals surface area contributed by atoms with Gasteiger partial charge in [-0.1, -0.05) is 0 Å². The Morgan fingerprint density at radius 3 is 3.17 bits per heavy atom. The SMILES string of the molecule is Cn1ncc2cc(NC(=O)N3CCC[C@H](c4ncn[nH]4)C3)ccc21. The number of hydrogen-bond donors (Lipinski definition) is 2. The second kappa shape index (κ2) is 5.95. The van der Waals surface area contributed by atoms with Gasteiger partial charge in [0, 0.05) is 37.1 Å². The Hall–Kier alpha value is -2.90. The van der Waals surface area contributed by atoms with E-state index in [1.807, 2.05) is 34.8 Å². The lowest BCUT2D eigenvalue weighted by atomic mass is 9.98. The number of urea groups is 1. The number of carbonyl (C=O) groups is 1. The third-order valence-corrected chi connectivity index (χ3v) is 4.53. The van der Waals surface area contributed by atoms with Crippen LogP contribution in [0.3, 0.4) is 0 Å². The third-order valence-electron chi connectivity index (χ3n) is 4.53. The number of benzene rings is 1. The third kappa shape index (κ3) is 2.70. The van der Waals surface area contributed by atoms with Crippen molar-refractivity contribution < 1.29 is 4.79 Å². The Morgan fingerprint density at radius 1 is 1.42 bits per heavy atom. The van der Waals surface area contributed by atoms with E-state index in [4.69, 9.17) is 0 Å². The zero-order chi connectivity index (χ0) is 16.5. The summed E-state index contributed by atoms with van der Waals surface area (Å²) >= 11 is 0. The van der Waals surface area contributed by atoms with Gasteiger partial charge in [-0.25, -0.2) is 9.78 Å². The Balaban J connectivity index is 1.46. The number of rotatable bonds is 2. The normalized spacial score (nSPS) is 18.0. The van der Waals surface area contributed by atoms with Crippen LogP contribution >= 0.6 is 0 Å². The van der Waals surface area contributed by atoms with E-state index in [-0.39, 0.29) is 11.9 Å². The van der Waals surface area contributed by atoms with Gasteiger partial charge in [-0.15, -0.1) is 0 Å². The molecule has 2 aromatic heterocycles. The molecule has 1 aromatic carbocycles. The molecule has 3 heterocycles. The van der Waals surface area contributed by atoms with Crippen molar-refractivity contribution in [3.8, 4) is 0 Å². The van der Waals surface area contributed by atoms with Gasteiger partial charge in [0.05, 0.1) is 11.7 Å². The van der Waals surface area contributed by atoms with E-state index in [2.05, 4.69) is 25.6 Å². The van der Waals surface area contributed by atoms with E-state index in [1.54, 1.807) is 6.20 Å². The summed E-state index contributed by atoms with van der Waals surface area (Å²) in [5, 5.41) is 15.0. The van der Waals surface area contributed by atoms with Gasteiger partial charge >= 0.3 is 6.03 Å². The van der Waals surface area contributed by atoms with Crippen LogP contribution in [0.4, 0.5) is 10.5 Å². The van der Waals surface area contributed by atoms with E-state index in [0.717, 1.165) is 41.8 Å². The molecule has 0 saturated carbocycles. The molecular formula is C16H19N7O. The molecule has 0 radical (unpaired) electrons. The van der Waals surface area contributed by atoms with Crippen molar-refractivity contribution in [2.45, 2.75) is 18.8 Å². The molecule has 0 unspecified atom stereocenters. The highest BCUT2D eigenvalue weighted by Crippen LogP contribution is 2.25. The quantitative estimate of drug-likeness (QED) is 0.755. The summed E-state index contributed by atoms with van der Waals surface area (Å²) in [6.45, 7) is 1.40. The Morgan fingerprint density at radius 2 is 2.33 bits per heavy atom. The van der Waals surface area contributed by atoms with Crippen LogP contribution in [0.5, 0.6) is 0 Å². The van der Waals surface area contributed by atoms with Crippen LogP contribution in [-0.4, -0.2) is 49.0 Å². The fourth-order valence-electron chi connectivity index (χ4n) is 3.24. The second-order valence-electron chi connectivity index (χ2n) is 6.13. The summed E-state index contributed by atoms with van der Waals surface area (Å²) in [6.07, 6.45) is 5.28. The molecule has 1 aliphatic rings. The van der Waals surface area contributed by atoms with Gasteiger partial charge in [0.2, 0.25) is 0 Å². The van der Waals surface area contributed by atoms with Crippen molar-refractivity contribution in [3.63, 3.8) is 0 Å². The van der Waals surface area contributed by atoms with Gasteiger partial charge in [-0.2, -0.15) is 10.2 Å². The number of anilines is 1. The molecule has 124 valence electrons. The number of likely N-dealkylation sites (tertiary alicyclic amines) is 1. The van der Waals surface area contributed by atoms with Gasteiger partial charge in [0.1, 0.15) is 12.2 Å². The minimum absolute atomic E-state index is 0.0811. The van der Waals surface area contributed by atoms with Crippen molar-refractivity contribution in [1.82, 2.24) is 29.9 Å². The molecule has 2 amide bonds. The summed E-state index contributed by atoms with van der Waals surface area (Å²) in [5.41, 5.74) is 1.82. The van der Waals surface area contributed by atoms with E-state index in [9.17, 15) is 4.79 Å². The maximum atomic E-state index is 12.6. The van der Waals surface area contributed by atoms with Crippen molar-refractivity contribution >= 4 is 22.6 Å². The number of nitrogens with one attached hydrogen (secondary N) is 2. The first-order valence-electron chi connectivity index (χ1n) is 8.03. The van der Waals surface area contributed by atoms with Gasteiger partial charge in [-0.05, 0) is 31.0 Å². The summed E-state index contributed by atoms with van der Waals surface area (Å²) in [4.78, 5) is 18.6. The van der Waals surface area contributed by atoms with Crippen molar-refractivity contribution in [3.05, 3.63) is 36.5 Å². The number of piperidine rings is 1. The number of nitrogens with zero attached hydrogens (tertiary/aromatic N) is 5. The van der Waals surface area contributed by atoms with Crippen molar-refractivity contribution in [2.75, 3.05) is 18.4 Å². The molecule has 3 aromatic rings. The van der Waals surface area contributed by atoms with Crippen LogP contribution in [0.15, 0.2) is 30.7 Å². The molecule has 1 aliphatic heterocycles. The minimum atomic E-state index is -0.0811. The van der Waals surface area contributed by atoms with Crippen LogP contribution < -0.4 is 5.32 Å². The molecule has 2 N–H and O–H groups in total. The van der Waals surface area contributed by atoms with E-state index in [0.29, 0.717) is 6.54 Å². The molecule has 1 atom stereocenters. The number of amides is 2. The van der Waals surface area contributed by atoms with Gasteiger partial charge in [0.15, 0.2) is 0 Å². The maximum Gasteiger partial charge on any atom is 0.321 e. The molecule has 24 heavy (non-hydrogen) atoms. The molecular weight excluding hydrogens is 306 g/mol. The van der Waals surface area contributed by atoms with Crippen LogP contribution in [0.2, 0.25) is 0 Å². The molecule has 8 heteroatoms. The first-order valence-corrected chi connectivity index (χ1v) is 8.03. The predicted molar refractivity (Wildman–Crippen MR) is 89.7 cm³/mol. The molecule has 1 fully saturated rings. The topological polar surface area (TPSA) is 91.7 Å². The molecule has 0 aliphatic carbocycles. The highest BCUT2D eigenvalue weighted by Gasteiger charge is 2.26. The molecule has 1 saturated heterocycles. The summed E-state index contributed by atoms with van der Waals surface area (Å²) in [6, 6.07) is 5.73. The number of aryl methyl sites for hydroxylation is 1. The first kappa shape index (κ1) is 14.7. The summed E-state index contributed by atoms with van der Waals surface area (Å²) in [7, 11) is 1.90. The average molecular weight is 325 g/mol. The Labute approximate surface area is 138 Å². The number of hydrogen-bond acceptors (Lipinski definition) is 4. The zero-order valence-electron chi connectivity index (χ0n) is 13.4. The van der Waals surface area contributed by atoms with Gasteiger partial charge in [0.25, 0.3) is 0 Å². The second-order valence-corrected chi connectivity index (χ2v) is 6.13. The fraction of sp³-hybridized carbons (Fsp3) is 0.375. The molecule has 4 rings (SSSR count). The van der Waals surface area contributed by atoms with E-state index in [1.165, 1.54) is 6.33 Å². The number of aromatic nitrogens is 5. The number of fused-ring (bicyclic) bond motifs is 1. The van der Waals surface area contributed by atoms with Gasteiger partial charge < -0.3 is 10.2 Å². The largest absolute Gasteiger partial charge is 0.324 e. The lowest BCUT2D eigenvalue weighted by molar-refractivity contribution is 0.191. The Kier molecular flexibility index (Phi) is 3.64. The summed E-state index contributed by atoms with van der Waals surface area (Å²) in [5.74, 6) is 1.07. The first-order chi connectivity index (χ1) is 11.7. The molecule has 0 spiro atoms. The average Bonchev–Trinajstić information content (AvgIpc) is 3.25. The van der Waals surface area contributed by atoms with Crippen LogP contribution in [-0.2, 0) is 7.05 Å². The number of aromatic amines is 1. The van der Waals surface area contributed by atoms with Crippen molar-refractivity contribution in [1.29, 1.82) is 0 Å². The number of H-pyrrole nitrogens is 1. The van der Waals surface area contributed by atoms with Gasteiger partial charge in [-0.3, -0.25) is 9.78 Å². The highest BCUT2D eigenvalue weighted by atomic mass is 16.2. The van der Waals surface area contributed by atoms with E-state index >= 15 is 0 Å².